The van der Waals surface area contributed by atoms with Crippen LogP contribution in [0.3, 0.4) is 0 Å². The molecular weight excluding hydrogens is 406 g/mol. The molecule has 0 radical (unpaired) electrons. The predicted octanol–water partition coefficient (Wildman–Crippen LogP) is 3.37. The summed E-state index contributed by atoms with van der Waals surface area (Å²) in [5, 5.41) is 13.6. The molecule has 0 bridgehead atoms. The van der Waals surface area contributed by atoms with E-state index in [2.05, 4.69) is 10.0 Å². The molecule has 0 atom stereocenters. The normalized spacial score (nSPS) is 11.1. The van der Waals surface area contributed by atoms with Crippen molar-refractivity contribution in [3.8, 4) is 0 Å². The Kier molecular flexibility index (Phi) is 6.55. The van der Waals surface area contributed by atoms with E-state index in [1.165, 1.54) is 48.5 Å². The van der Waals surface area contributed by atoms with Gasteiger partial charge in [-0.2, -0.15) is 0 Å². The molecular formula is C21H19N3O5S. The summed E-state index contributed by atoms with van der Waals surface area (Å²) in [5.41, 5.74) is 0.952. The Morgan fingerprint density at radius 3 is 2.20 bits per heavy atom. The van der Waals surface area contributed by atoms with Crippen molar-refractivity contribution < 1.29 is 18.1 Å². The number of nitro groups is 1. The third-order valence-electron chi connectivity index (χ3n) is 4.32. The fourth-order valence-corrected chi connectivity index (χ4v) is 3.83. The van der Waals surface area contributed by atoms with Crippen LogP contribution in [0.25, 0.3) is 0 Å². The highest BCUT2D eigenvalue weighted by atomic mass is 32.2. The smallest absolute Gasteiger partial charge is 0.282 e. The standard InChI is InChI=1S/C21H19N3O5S/c25-21(19-8-4-5-9-20(19)24(26)27)23-17-10-12-18(13-11-17)30(28,29)22-15-14-16-6-2-1-3-7-16/h1-13,22H,14-15H2,(H,23,25). The van der Waals surface area contributed by atoms with E-state index in [1.54, 1.807) is 0 Å². The van der Waals surface area contributed by atoms with Crippen LogP contribution >= 0.6 is 0 Å². The van der Waals surface area contributed by atoms with Gasteiger partial charge in [0.05, 0.1) is 9.82 Å². The molecule has 3 aromatic carbocycles. The van der Waals surface area contributed by atoms with Gasteiger partial charge in [0.15, 0.2) is 0 Å². The summed E-state index contributed by atoms with van der Waals surface area (Å²) in [4.78, 5) is 22.8. The second-order valence-electron chi connectivity index (χ2n) is 6.39. The van der Waals surface area contributed by atoms with Crippen molar-refractivity contribution in [2.45, 2.75) is 11.3 Å². The molecule has 30 heavy (non-hydrogen) atoms. The Labute approximate surface area is 173 Å². The Morgan fingerprint density at radius 1 is 0.900 bits per heavy atom. The number of hydrogen-bond acceptors (Lipinski definition) is 5. The lowest BCUT2D eigenvalue weighted by Gasteiger charge is -2.09. The minimum Gasteiger partial charge on any atom is -0.322 e. The van der Waals surface area contributed by atoms with E-state index in [-0.39, 0.29) is 22.7 Å². The molecule has 0 aliphatic heterocycles. The molecule has 9 heteroatoms. The molecule has 0 unspecified atom stereocenters. The molecule has 3 rings (SSSR count). The molecule has 0 aliphatic rings. The molecule has 1 amide bonds. The van der Waals surface area contributed by atoms with Gasteiger partial charge in [0.25, 0.3) is 11.6 Å². The van der Waals surface area contributed by atoms with Crippen molar-refractivity contribution in [2.75, 3.05) is 11.9 Å². The molecule has 0 aromatic heterocycles. The second kappa shape index (κ2) is 9.29. The van der Waals surface area contributed by atoms with Crippen LogP contribution in [-0.4, -0.2) is 25.8 Å². The quantitative estimate of drug-likeness (QED) is 0.424. The summed E-state index contributed by atoms with van der Waals surface area (Å²) >= 11 is 0. The van der Waals surface area contributed by atoms with Gasteiger partial charge in [-0.3, -0.25) is 14.9 Å². The first-order chi connectivity index (χ1) is 14.4. The summed E-state index contributed by atoms with van der Waals surface area (Å²) in [6.45, 7) is 0.252. The van der Waals surface area contributed by atoms with Gasteiger partial charge in [-0.1, -0.05) is 42.5 Å². The number of nitrogens with zero attached hydrogens (tertiary/aromatic N) is 1. The van der Waals surface area contributed by atoms with Crippen LogP contribution in [0.1, 0.15) is 15.9 Å². The monoisotopic (exact) mass is 425 g/mol. The van der Waals surface area contributed by atoms with Crippen LogP contribution < -0.4 is 10.0 Å². The molecule has 0 saturated carbocycles. The maximum atomic E-state index is 12.4. The zero-order valence-electron chi connectivity index (χ0n) is 15.8. The number of amides is 1. The van der Waals surface area contributed by atoms with Crippen LogP contribution in [-0.2, 0) is 16.4 Å². The summed E-state index contributed by atoms with van der Waals surface area (Å²) in [7, 11) is -3.70. The average Bonchev–Trinajstić information content (AvgIpc) is 2.74. The molecule has 0 fully saturated rings. The number of benzene rings is 3. The molecule has 0 heterocycles. The molecule has 0 spiro atoms. The van der Waals surface area contributed by atoms with Crippen LogP contribution in [0.2, 0.25) is 0 Å². The molecule has 8 nitrogen and oxygen atoms in total. The lowest BCUT2D eigenvalue weighted by atomic mass is 10.1. The Balaban J connectivity index is 1.64. The SMILES string of the molecule is O=C(Nc1ccc(S(=O)(=O)NCCc2ccccc2)cc1)c1ccccc1[N+](=O)[O-]. The zero-order valence-corrected chi connectivity index (χ0v) is 16.6. The number of hydrogen-bond donors (Lipinski definition) is 2. The number of anilines is 1. The first-order valence-corrected chi connectivity index (χ1v) is 10.5. The van der Waals surface area contributed by atoms with Crippen LogP contribution in [0.5, 0.6) is 0 Å². The summed E-state index contributed by atoms with van der Waals surface area (Å²) in [5.74, 6) is -0.654. The van der Waals surface area contributed by atoms with Crippen molar-refractivity contribution in [1.29, 1.82) is 0 Å². The van der Waals surface area contributed by atoms with E-state index < -0.39 is 20.9 Å². The Morgan fingerprint density at radius 2 is 1.53 bits per heavy atom. The zero-order chi connectivity index (χ0) is 21.6. The van der Waals surface area contributed by atoms with E-state index in [9.17, 15) is 23.3 Å². The third-order valence-corrected chi connectivity index (χ3v) is 5.79. The van der Waals surface area contributed by atoms with Gasteiger partial charge in [0, 0.05) is 18.3 Å². The lowest BCUT2D eigenvalue weighted by molar-refractivity contribution is -0.385. The lowest BCUT2D eigenvalue weighted by Crippen LogP contribution is -2.26. The number of sulfonamides is 1. The number of carbonyl (C=O) groups is 1. The number of carbonyl (C=O) groups excluding carboxylic acids is 1. The Hall–Kier alpha value is -3.56. The van der Waals surface area contributed by atoms with Crippen molar-refractivity contribution in [3.05, 3.63) is 100 Å². The van der Waals surface area contributed by atoms with Gasteiger partial charge in [-0.25, -0.2) is 13.1 Å². The highest BCUT2D eigenvalue weighted by Gasteiger charge is 2.19. The van der Waals surface area contributed by atoms with Crippen molar-refractivity contribution in [2.24, 2.45) is 0 Å². The second-order valence-corrected chi connectivity index (χ2v) is 8.15. The summed E-state index contributed by atoms with van der Waals surface area (Å²) in [6.07, 6.45) is 0.560. The fraction of sp³-hybridized carbons (Fsp3) is 0.0952. The minimum absolute atomic E-state index is 0.0549. The van der Waals surface area contributed by atoms with Gasteiger partial charge in [-0.05, 0) is 42.3 Å². The highest BCUT2D eigenvalue weighted by molar-refractivity contribution is 7.89. The van der Waals surface area contributed by atoms with E-state index in [0.717, 1.165) is 5.56 Å². The van der Waals surface area contributed by atoms with E-state index >= 15 is 0 Å². The number of rotatable bonds is 8. The topological polar surface area (TPSA) is 118 Å². The van der Waals surface area contributed by atoms with Gasteiger partial charge in [0.1, 0.15) is 5.56 Å². The van der Waals surface area contributed by atoms with Crippen LogP contribution in [0, 0.1) is 10.1 Å². The molecule has 0 aliphatic carbocycles. The van der Waals surface area contributed by atoms with Gasteiger partial charge in [-0.15, -0.1) is 0 Å². The average molecular weight is 425 g/mol. The van der Waals surface area contributed by atoms with Gasteiger partial charge < -0.3 is 5.32 Å². The Bertz CT molecular complexity index is 1150. The third kappa shape index (κ3) is 5.28. The maximum Gasteiger partial charge on any atom is 0.282 e. The largest absolute Gasteiger partial charge is 0.322 e. The van der Waals surface area contributed by atoms with Gasteiger partial charge in [0.2, 0.25) is 10.0 Å². The molecule has 154 valence electrons. The predicted molar refractivity (Wildman–Crippen MR) is 113 cm³/mol. The van der Waals surface area contributed by atoms with Crippen molar-refractivity contribution in [3.63, 3.8) is 0 Å². The van der Waals surface area contributed by atoms with Gasteiger partial charge >= 0.3 is 0 Å². The van der Waals surface area contributed by atoms with Crippen molar-refractivity contribution >= 4 is 27.3 Å². The number of nitro benzene ring substituents is 1. The molecule has 3 aromatic rings. The summed E-state index contributed by atoms with van der Waals surface area (Å²) in [6, 6.07) is 20.7. The summed E-state index contributed by atoms with van der Waals surface area (Å²) < 4.78 is 27.4. The van der Waals surface area contributed by atoms with Crippen LogP contribution in [0.15, 0.2) is 83.8 Å². The number of nitrogens with one attached hydrogen (secondary N) is 2. The highest BCUT2D eigenvalue weighted by Crippen LogP contribution is 2.20. The van der Waals surface area contributed by atoms with E-state index in [0.29, 0.717) is 12.1 Å². The molecule has 2 N–H and O–H groups in total. The van der Waals surface area contributed by atoms with E-state index in [4.69, 9.17) is 0 Å². The van der Waals surface area contributed by atoms with Crippen molar-refractivity contribution in [1.82, 2.24) is 4.72 Å². The number of para-hydroxylation sites is 1. The fourth-order valence-electron chi connectivity index (χ4n) is 2.80. The van der Waals surface area contributed by atoms with Crippen LogP contribution in [0.4, 0.5) is 11.4 Å². The minimum atomic E-state index is -3.70. The molecule has 0 saturated heterocycles. The maximum absolute atomic E-state index is 12.4. The van der Waals surface area contributed by atoms with E-state index in [1.807, 2.05) is 30.3 Å². The first-order valence-electron chi connectivity index (χ1n) is 9.05. The first kappa shape index (κ1) is 21.2.